The zero-order valence-corrected chi connectivity index (χ0v) is 25.1. The molecule has 2 nitrogen and oxygen atoms in total. The molecule has 212 valence electrons. The maximum Gasteiger partial charge on any atom is 0.0930 e. The molecule has 0 amide bonds. The molecule has 0 aliphatic heterocycles. The molecule has 2 atom stereocenters. The summed E-state index contributed by atoms with van der Waals surface area (Å²) < 4.78 is 0. The molecule has 6 rings (SSSR count). The van der Waals surface area contributed by atoms with E-state index in [-0.39, 0.29) is 10.8 Å². The topological polar surface area (TPSA) is 25.8 Å². The number of hydrogen-bond acceptors (Lipinski definition) is 2. The summed E-state index contributed by atoms with van der Waals surface area (Å²) >= 11 is 0. The van der Waals surface area contributed by atoms with Gasteiger partial charge in [-0.25, -0.2) is 0 Å². The van der Waals surface area contributed by atoms with Crippen molar-refractivity contribution in [3.05, 3.63) is 144 Å². The largest absolute Gasteiger partial charge is 0.254 e. The number of hydrogen-bond donors (Lipinski definition) is 0. The van der Waals surface area contributed by atoms with Crippen molar-refractivity contribution in [1.82, 2.24) is 9.97 Å². The van der Waals surface area contributed by atoms with Crippen LogP contribution in [0.4, 0.5) is 0 Å². The molecule has 2 heteroatoms. The molecular weight excluding hydrogens is 508 g/mol. The molecule has 2 heterocycles. The van der Waals surface area contributed by atoms with Gasteiger partial charge in [-0.1, -0.05) is 137 Å². The van der Waals surface area contributed by atoms with Crippen molar-refractivity contribution >= 4 is 22.2 Å². The number of unbranched alkanes of at least 4 members (excludes halogenated alkanes) is 2. The number of rotatable bonds is 10. The van der Waals surface area contributed by atoms with Crippen LogP contribution in [-0.2, 0) is 10.8 Å². The summed E-state index contributed by atoms with van der Waals surface area (Å²) in [6.45, 7) is 4.58. The Balaban J connectivity index is 1.42. The molecule has 0 saturated heterocycles. The molecule has 0 bridgehead atoms. The molecule has 42 heavy (non-hydrogen) atoms. The van der Waals surface area contributed by atoms with E-state index in [1.807, 2.05) is 12.4 Å². The first-order chi connectivity index (χ1) is 20.7. The van der Waals surface area contributed by atoms with Crippen molar-refractivity contribution in [2.45, 2.75) is 76.0 Å². The predicted octanol–water partition coefficient (Wildman–Crippen LogP) is 10.6. The quantitative estimate of drug-likeness (QED) is 0.196. The third kappa shape index (κ3) is 5.43. The summed E-state index contributed by atoms with van der Waals surface area (Å²) in [6, 6.07) is 26.0. The van der Waals surface area contributed by atoms with E-state index in [1.54, 1.807) is 0 Å². The molecule has 2 unspecified atom stereocenters. The molecule has 2 aromatic carbocycles. The second-order valence-electron chi connectivity index (χ2n) is 12.1. The minimum Gasteiger partial charge on any atom is -0.254 e. The fourth-order valence-corrected chi connectivity index (χ4v) is 6.92. The van der Waals surface area contributed by atoms with Crippen molar-refractivity contribution in [2.75, 3.05) is 0 Å². The molecule has 0 spiro atoms. The Labute approximate surface area is 251 Å². The Bertz CT molecular complexity index is 1520. The highest BCUT2D eigenvalue weighted by molar-refractivity contribution is 5.85. The van der Waals surface area contributed by atoms with Gasteiger partial charge in [-0.3, -0.25) is 9.97 Å². The van der Waals surface area contributed by atoms with E-state index in [0.29, 0.717) is 0 Å². The van der Waals surface area contributed by atoms with Crippen molar-refractivity contribution in [3.63, 3.8) is 0 Å². The summed E-state index contributed by atoms with van der Waals surface area (Å²) in [4.78, 5) is 10.1. The van der Waals surface area contributed by atoms with Gasteiger partial charge in [0.15, 0.2) is 0 Å². The summed E-state index contributed by atoms with van der Waals surface area (Å²) in [6.07, 6.45) is 27.4. The second-order valence-corrected chi connectivity index (χ2v) is 12.1. The summed E-state index contributed by atoms with van der Waals surface area (Å²) in [5, 5.41) is 0. The molecular formula is C40H42N2. The molecule has 0 fully saturated rings. The molecule has 2 aliphatic rings. The monoisotopic (exact) mass is 550 g/mol. The lowest BCUT2D eigenvalue weighted by molar-refractivity contribution is 0.469. The van der Waals surface area contributed by atoms with Crippen LogP contribution in [0.5, 0.6) is 0 Å². The third-order valence-electron chi connectivity index (χ3n) is 9.40. The van der Waals surface area contributed by atoms with Crippen molar-refractivity contribution in [1.29, 1.82) is 0 Å². The zero-order chi connectivity index (χ0) is 28.8. The third-order valence-corrected chi connectivity index (χ3v) is 9.40. The van der Waals surface area contributed by atoms with E-state index in [0.717, 1.165) is 36.7 Å². The van der Waals surface area contributed by atoms with Crippen molar-refractivity contribution < 1.29 is 0 Å². The molecule has 2 aromatic heterocycles. The van der Waals surface area contributed by atoms with E-state index in [1.165, 1.54) is 59.1 Å². The van der Waals surface area contributed by atoms with Gasteiger partial charge >= 0.3 is 0 Å². The van der Waals surface area contributed by atoms with Gasteiger partial charge in [0.1, 0.15) is 0 Å². The van der Waals surface area contributed by atoms with Crippen LogP contribution in [0.2, 0.25) is 0 Å². The van der Waals surface area contributed by atoms with Crippen LogP contribution in [0.15, 0.2) is 122 Å². The Morgan fingerprint density at radius 3 is 1.36 bits per heavy atom. The Morgan fingerprint density at radius 1 is 0.571 bits per heavy atom. The van der Waals surface area contributed by atoms with Gasteiger partial charge < -0.3 is 0 Å². The van der Waals surface area contributed by atoms with E-state index in [2.05, 4.69) is 123 Å². The second kappa shape index (κ2) is 12.4. The van der Waals surface area contributed by atoms with Crippen LogP contribution in [0, 0.1) is 0 Å². The Hall–Kier alpha value is -4.04. The van der Waals surface area contributed by atoms with Gasteiger partial charge in [-0.2, -0.15) is 0 Å². The van der Waals surface area contributed by atoms with E-state index >= 15 is 0 Å². The van der Waals surface area contributed by atoms with E-state index in [4.69, 9.17) is 9.97 Å². The van der Waals surface area contributed by atoms with Gasteiger partial charge in [-0.15, -0.1) is 0 Å². The Morgan fingerprint density at radius 2 is 1.00 bits per heavy atom. The number of benzene rings is 2. The van der Waals surface area contributed by atoms with Crippen LogP contribution in [0.25, 0.3) is 22.2 Å². The summed E-state index contributed by atoms with van der Waals surface area (Å²) in [7, 11) is 0. The number of nitrogens with zero attached hydrogens (tertiary/aromatic N) is 2. The number of aromatic nitrogens is 2. The molecule has 0 saturated carbocycles. The fourth-order valence-electron chi connectivity index (χ4n) is 6.92. The molecule has 2 aliphatic carbocycles. The fraction of sp³-hybridized carbons (Fsp3) is 0.300. The SMILES string of the molecule is CCCCC1(c2ccnc3c(C4(CCCC)C=CC(c5ccccc5)=CC4)ccnc23)C=CC(c2ccccc2)=CC1. The lowest BCUT2D eigenvalue weighted by atomic mass is 9.68. The minimum atomic E-state index is -0.0829. The number of fused-ring (bicyclic) bond motifs is 1. The summed E-state index contributed by atoms with van der Waals surface area (Å²) in [5.41, 5.74) is 9.76. The van der Waals surface area contributed by atoms with Crippen LogP contribution < -0.4 is 0 Å². The highest BCUT2D eigenvalue weighted by Gasteiger charge is 2.36. The van der Waals surface area contributed by atoms with Gasteiger partial charge in [0, 0.05) is 23.2 Å². The maximum atomic E-state index is 5.06. The highest BCUT2D eigenvalue weighted by atomic mass is 14.8. The molecule has 0 N–H and O–H groups in total. The highest BCUT2D eigenvalue weighted by Crippen LogP contribution is 2.46. The lowest BCUT2D eigenvalue weighted by Crippen LogP contribution is -2.28. The van der Waals surface area contributed by atoms with Crippen LogP contribution >= 0.6 is 0 Å². The average molecular weight is 551 g/mol. The first-order valence-corrected chi connectivity index (χ1v) is 15.8. The minimum absolute atomic E-state index is 0.0829. The zero-order valence-electron chi connectivity index (χ0n) is 25.1. The van der Waals surface area contributed by atoms with Crippen LogP contribution in [-0.4, -0.2) is 9.97 Å². The van der Waals surface area contributed by atoms with Crippen molar-refractivity contribution in [2.24, 2.45) is 0 Å². The van der Waals surface area contributed by atoms with Gasteiger partial charge in [0.2, 0.25) is 0 Å². The van der Waals surface area contributed by atoms with Crippen LogP contribution in [0.1, 0.15) is 87.5 Å². The van der Waals surface area contributed by atoms with Gasteiger partial charge in [0.25, 0.3) is 0 Å². The predicted molar refractivity (Wildman–Crippen MR) is 178 cm³/mol. The first kappa shape index (κ1) is 28.1. The van der Waals surface area contributed by atoms with Gasteiger partial charge in [0.05, 0.1) is 11.0 Å². The standard InChI is InChI=1S/C40H42N2/c1-3-5-23-39(25-17-33(18-26-39)31-13-9-7-10-14-31)35-21-29-42-38-36(22-30-41-37(35)38)40(24-6-4-2)27-19-34(20-28-40)32-15-11-8-12-16-32/h7-22,25,27,29-30H,3-6,23-24,26,28H2,1-2H3. The van der Waals surface area contributed by atoms with Gasteiger partial charge in [-0.05, 0) is 71.2 Å². The van der Waals surface area contributed by atoms with E-state index in [9.17, 15) is 0 Å². The van der Waals surface area contributed by atoms with Crippen molar-refractivity contribution in [3.8, 4) is 0 Å². The summed E-state index contributed by atoms with van der Waals surface area (Å²) in [5.74, 6) is 0. The smallest absolute Gasteiger partial charge is 0.0930 e. The van der Waals surface area contributed by atoms with E-state index < -0.39 is 0 Å². The van der Waals surface area contributed by atoms with Crippen LogP contribution in [0.3, 0.4) is 0 Å². The maximum absolute atomic E-state index is 5.06. The first-order valence-electron chi connectivity index (χ1n) is 15.8. The molecule has 0 radical (unpaired) electrons. The Kier molecular flexibility index (Phi) is 8.33. The number of pyridine rings is 2. The number of allylic oxidation sites excluding steroid dienone is 8. The normalized spacial score (nSPS) is 21.8. The lowest BCUT2D eigenvalue weighted by Gasteiger charge is -2.36. The molecule has 4 aromatic rings. The average Bonchev–Trinajstić information content (AvgIpc) is 3.07.